The highest BCUT2D eigenvalue weighted by atomic mass is 19.1. The summed E-state index contributed by atoms with van der Waals surface area (Å²) in [4.78, 5) is 19.0. The van der Waals surface area contributed by atoms with Crippen LogP contribution in [0.4, 0.5) is 4.39 Å². The SMILES string of the molecule is O=C(CCn1cnnn1)N1CCOC(c2cccc(Cc3ccccc3F)n2)C1. The average molecular weight is 396 g/mol. The number of aromatic nitrogens is 5. The summed E-state index contributed by atoms with van der Waals surface area (Å²) in [6, 6.07) is 12.3. The standard InChI is InChI=1S/C20H21FN6O2/c21-17-6-2-1-4-15(17)12-16-5-3-7-18(23-16)19-13-26(10-11-29-19)20(28)8-9-27-14-22-24-25-27/h1-7,14,19H,8-13H2. The summed E-state index contributed by atoms with van der Waals surface area (Å²) < 4.78 is 21.3. The number of ether oxygens (including phenoxy) is 1. The van der Waals surface area contributed by atoms with Crippen LogP contribution in [0.3, 0.4) is 0 Å². The number of carbonyl (C=O) groups excluding carboxylic acids is 1. The highest BCUT2D eigenvalue weighted by molar-refractivity contribution is 5.76. The fourth-order valence-corrected chi connectivity index (χ4v) is 3.32. The van der Waals surface area contributed by atoms with Gasteiger partial charge in [0.25, 0.3) is 0 Å². The lowest BCUT2D eigenvalue weighted by atomic mass is 10.1. The Morgan fingerprint density at radius 3 is 2.93 bits per heavy atom. The number of hydrogen-bond donors (Lipinski definition) is 0. The molecule has 29 heavy (non-hydrogen) atoms. The second kappa shape index (κ2) is 8.87. The molecule has 0 aliphatic carbocycles. The largest absolute Gasteiger partial charge is 0.368 e. The number of amides is 1. The molecular formula is C20H21FN6O2. The fourth-order valence-electron chi connectivity index (χ4n) is 3.32. The zero-order valence-electron chi connectivity index (χ0n) is 15.8. The summed E-state index contributed by atoms with van der Waals surface area (Å²) >= 11 is 0. The van der Waals surface area contributed by atoms with Crippen molar-refractivity contribution in [2.75, 3.05) is 19.7 Å². The second-order valence-electron chi connectivity index (χ2n) is 6.84. The van der Waals surface area contributed by atoms with Crippen LogP contribution in [0.2, 0.25) is 0 Å². The average Bonchev–Trinajstić information content (AvgIpc) is 3.28. The zero-order chi connectivity index (χ0) is 20.1. The monoisotopic (exact) mass is 396 g/mol. The van der Waals surface area contributed by atoms with Crippen LogP contribution >= 0.6 is 0 Å². The molecule has 8 nitrogen and oxygen atoms in total. The first-order chi connectivity index (χ1) is 14.2. The molecule has 1 aromatic carbocycles. The van der Waals surface area contributed by atoms with Gasteiger partial charge in [-0.1, -0.05) is 24.3 Å². The molecule has 0 spiro atoms. The Hall–Kier alpha value is -3.20. The van der Waals surface area contributed by atoms with Gasteiger partial charge < -0.3 is 9.64 Å². The number of rotatable bonds is 6. The molecule has 2 aromatic heterocycles. The Balaban J connectivity index is 1.40. The number of morpholine rings is 1. The van der Waals surface area contributed by atoms with E-state index in [9.17, 15) is 9.18 Å². The molecule has 1 aliphatic heterocycles. The molecule has 1 amide bonds. The molecule has 1 aliphatic rings. The molecule has 0 bridgehead atoms. The van der Waals surface area contributed by atoms with Gasteiger partial charge in [0.05, 0.1) is 25.4 Å². The number of carbonyl (C=O) groups is 1. The minimum Gasteiger partial charge on any atom is -0.368 e. The smallest absolute Gasteiger partial charge is 0.224 e. The van der Waals surface area contributed by atoms with Crippen LogP contribution in [0.15, 0.2) is 48.8 Å². The van der Waals surface area contributed by atoms with Gasteiger partial charge >= 0.3 is 0 Å². The van der Waals surface area contributed by atoms with Gasteiger partial charge in [0.1, 0.15) is 18.2 Å². The van der Waals surface area contributed by atoms with E-state index in [0.29, 0.717) is 44.6 Å². The van der Waals surface area contributed by atoms with Crippen LogP contribution in [0.1, 0.15) is 29.5 Å². The third kappa shape index (κ3) is 4.80. The first kappa shape index (κ1) is 19.1. The number of nitrogens with zero attached hydrogens (tertiary/aromatic N) is 6. The van der Waals surface area contributed by atoms with Gasteiger partial charge in [-0.15, -0.1) is 5.10 Å². The summed E-state index contributed by atoms with van der Waals surface area (Å²) in [6.45, 7) is 1.86. The Kier molecular flexibility index (Phi) is 5.85. The number of aryl methyl sites for hydroxylation is 1. The third-order valence-corrected chi connectivity index (χ3v) is 4.85. The number of halogens is 1. The van der Waals surface area contributed by atoms with E-state index < -0.39 is 0 Å². The van der Waals surface area contributed by atoms with Gasteiger partial charge in [-0.05, 0) is 34.2 Å². The maximum absolute atomic E-state index is 13.9. The van der Waals surface area contributed by atoms with Crippen LogP contribution in [0.25, 0.3) is 0 Å². The lowest BCUT2D eigenvalue weighted by molar-refractivity contribution is -0.139. The van der Waals surface area contributed by atoms with Gasteiger partial charge in [-0.2, -0.15) is 0 Å². The summed E-state index contributed by atoms with van der Waals surface area (Å²) in [7, 11) is 0. The van der Waals surface area contributed by atoms with Crippen molar-refractivity contribution >= 4 is 5.91 Å². The molecule has 9 heteroatoms. The summed E-state index contributed by atoms with van der Waals surface area (Å²) in [6.07, 6.45) is 1.90. The van der Waals surface area contributed by atoms with Crippen molar-refractivity contribution in [3.63, 3.8) is 0 Å². The van der Waals surface area contributed by atoms with Crippen molar-refractivity contribution in [2.45, 2.75) is 25.5 Å². The number of hydrogen-bond acceptors (Lipinski definition) is 6. The van der Waals surface area contributed by atoms with E-state index in [2.05, 4.69) is 20.5 Å². The lowest BCUT2D eigenvalue weighted by Crippen LogP contribution is -2.42. The highest BCUT2D eigenvalue weighted by Crippen LogP contribution is 2.22. The van der Waals surface area contributed by atoms with Crippen LogP contribution in [0.5, 0.6) is 0 Å². The zero-order valence-corrected chi connectivity index (χ0v) is 15.8. The van der Waals surface area contributed by atoms with Crippen molar-refractivity contribution in [3.8, 4) is 0 Å². The van der Waals surface area contributed by atoms with Crippen molar-refractivity contribution < 1.29 is 13.9 Å². The van der Waals surface area contributed by atoms with Gasteiger partial charge in [0.15, 0.2) is 0 Å². The van der Waals surface area contributed by atoms with E-state index in [1.807, 2.05) is 24.3 Å². The Bertz CT molecular complexity index is 965. The maximum atomic E-state index is 13.9. The molecule has 1 fully saturated rings. The summed E-state index contributed by atoms with van der Waals surface area (Å²) in [5.41, 5.74) is 2.11. The first-order valence-electron chi connectivity index (χ1n) is 9.48. The third-order valence-electron chi connectivity index (χ3n) is 4.85. The molecule has 4 rings (SSSR count). The van der Waals surface area contributed by atoms with E-state index in [1.165, 1.54) is 17.1 Å². The van der Waals surface area contributed by atoms with E-state index in [-0.39, 0.29) is 17.8 Å². The molecule has 1 unspecified atom stereocenters. The van der Waals surface area contributed by atoms with E-state index in [4.69, 9.17) is 4.74 Å². The quantitative estimate of drug-likeness (QED) is 0.631. The van der Waals surface area contributed by atoms with E-state index >= 15 is 0 Å². The molecule has 3 heterocycles. The van der Waals surface area contributed by atoms with Gasteiger partial charge in [-0.3, -0.25) is 9.78 Å². The second-order valence-corrected chi connectivity index (χ2v) is 6.84. The van der Waals surface area contributed by atoms with Crippen molar-refractivity contribution in [1.82, 2.24) is 30.1 Å². The minimum absolute atomic E-state index is 0.0244. The van der Waals surface area contributed by atoms with Crippen molar-refractivity contribution in [2.24, 2.45) is 0 Å². The molecular weight excluding hydrogens is 375 g/mol. The number of pyridine rings is 1. The Morgan fingerprint density at radius 2 is 2.10 bits per heavy atom. The van der Waals surface area contributed by atoms with Crippen molar-refractivity contribution in [1.29, 1.82) is 0 Å². The van der Waals surface area contributed by atoms with Crippen molar-refractivity contribution in [3.05, 3.63) is 71.6 Å². The fraction of sp³-hybridized carbons (Fsp3) is 0.350. The van der Waals surface area contributed by atoms with Gasteiger partial charge in [0.2, 0.25) is 5.91 Å². The topological polar surface area (TPSA) is 86.0 Å². The molecule has 1 atom stereocenters. The van der Waals surface area contributed by atoms with Crippen LogP contribution in [0, 0.1) is 5.82 Å². The predicted octanol–water partition coefficient (Wildman–Crippen LogP) is 1.79. The lowest BCUT2D eigenvalue weighted by Gasteiger charge is -2.33. The normalized spacial score (nSPS) is 16.7. The van der Waals surface area contributed by atoms with Crippen LogP contribution in [-0.2, 0) is 22.5 Å². The Labute approximate surface area is 167 Å². The number of benzene rings is 1. The van der Waals surface area contributed by atoms with E-state index in [1.54, 1.807) is 17.0 Å². The van der Waals surface area contributed by atoms with Crippen LogP contribution < -0.4 is 0 Å². The first-order valence-corrected chi connectivity index (χ1v) is 9.48. The molecule has 1 saturated heterocycles. The summed E-state index contributed by atoms with van der Waals surface area (Å²) in [5, 5.41) is 10.9. The molecule has 0 saturated carbocycles. The Morgan fingerprint density at radius 1 is 1.21 bits per heavy atom. The predicted molar refractivity (Wildman–Crippen MR) is 101 cm³/mol. The molecule has 150 valence electrons. The number of tetrazole rings is 1. The minimum atomic E-state index is -0.304. The molecule has 0 radical (unpaired) electrons. The highest BCUT2D eigenvalue weighted by Gasteiger charge is 2.26. The molecule has 0 N–H and O–H groups in total. The van der Waals surface area contributed by atoms with E-state index in [0.717, 1.165) is 11.4 Å². The van der Waals surface area contributed by atoms with Gasteiger partial charge in [-0.25, -0.2) is 9.07 Å². The summed E-state index contributed by atoms with van der Waals surface area (Å²) in [5.74, 6) is -0.218. The molecule has 3 aromatic rings. The van der Waals surface area contributed by atoms with Crippen LogP contribution in [-0.4, -0.2) is 55.7 Å². The maximum Gasteiger partial charge on any atom is 0.224 e. The van der Waals surface area contributed by atoms with Gasteiger partial charge in [0, 0.05) is 25.1 Å².